The maximum absolute atomic E-state index is 13.0. The third-order valence-corrected chi connectivity index (χ3v) is 6.25. The molecule has 2 N–H and O–H groups in total. The van der Waals surface area contributed by atoms with Crippen LogP contribution in [0, 0.1) is 5.82 Å². The number of aryl methyl sites for hydroxylation is 1. The molecule has 0 radical (unpaired) electrons. The van der Waals surface area contributed by atoms with Crippen LogP contribution in [0.4, 0.5) is 15.2 Å². The Morgan fingerprint density at radius 1 is 1.07 bits per heavy atom. The molecule has 7 heteroatoms. The lowest BCUT2D eigenvalue weighted by Crippen LogP contribution is -2.20. The van der Waals surface area contributed by atoms with Crippen LogP contribution in [0.5, 0.6) is 0 Å². The van der Waals surface area contributed by atoms with E-state index >= 15 is 0 Å². The molecule has 2 amide bonds. The molecule has 1 aliphatic rings. The predicted octanol–water partition coefficient (Wildman–Crippen LogP) is 5.33. The number of rotatable bonds is 5. The van der Waals surface area contributed by atoms with Crippen LogP contribution in [0.25, 0.3) is 0 Å². The molecular formula is C23H22FN3O2S. The van der Waals surface area contributed by atoms with Gasteiger partial charge < -0.3 is 5.32 Å². The first-order chi connectivity index (χ1) is 14.4. The van der Waals surface area contributed by atoms with Crippen LogP contribution in [0.1, 0.15) is 58.6 Å². The topological polar surface area (TPSA) is 71.1 Å². The highest BCUT2D eigenvalue weighted by atomic mass is 32.1. The largest absolute Gasteiger partial charge is 0.326 e. The summed E-state index contributed by atoms with van der Waals surface area (Å²) < 4.78 is 13.0. The monoisotopic (exact) mass is 423 g/mol. The van der Waals surface area contributed by atoms with Gasteiger partial charge in [0.1, 0.15) is 5.82 Å². The van der Waals surface area contributed by atoms with Gasteiger partial charge in [-0.25, -0.2) is 9.37 Å². The van der Waals surface area contributed by atoms with E-state index in [0.717, 1.165) is 22.7 Å². The molecule has 4 rings (SSSR count). The number of amides is 2. The van der Waals surface area contributed by atoms with Gasteiger partial charge in [0.2, 0.25) is 5.91 Å². The van der Waals surface area contributed by atoms with Crippen molar-refractivity contribution < 1.29 is 14.0 Å². The summed E-state index contributed by atoms with van der Waals surface area (Å²) in [6, 6.07) is 13.2. The van der Waals surface area contributed by atoms with Crippen molar-refractivity contribution in [3.8, 4) is 0 Å². The molecule has 0 saturated heterocycles. The SMILES string of the molecule is CC(C)c1ccc(NC(=O)C2CCc3sc(NC(=O)c4ccc(F)cc4)nc32)cc1. The molecule has 1 aromatic heterocycles. The van der Waals surface area contributed by atoms with Crippen molar-refractivity contribution in [2.24, 2.45) is 0 Å². The molecule has 1 aliphatic carbocycles. The number of anilines is 2. The van der Waals surface area contributed by atoms with Gasteiger partial charge in [0, 0.05) is 16.1 Å². The maximum Gasteiger partial charge on any atom is 0.257 e. The summed E-state index contributed by atoms with van der Waals surface area (Å²) in [5, 5.41) is 6.17. The Kier molecular flexibility index (Phi) is 5.63. The van der Waals surface area contributed by atoms with Gasteiger partial charge in [0.15, 0.2) is 5.13 Å². The minimum atomic E-state index is -0.396. The van der Waals surface area contributed by atoms with Crippen LogP contribution in [-0.2, 0) is 11.2 Å². The Balaban J connectivity index is 1.43. The zero-order chi connectivity index (χ0) is 21.3. The van der Waals surface area contributed by atoms with E-state index in [9.17, 15) is 14.0 Å². The Morgan fingerprint density at radius 2 is 1.77 bits per heavy atom. The van der Waals surface area contributed by atoms with Crippen molar-refractivity contribution >= 4 is 34.0 Å². The zero-order valence-electron chi connectivity index (χ0n) is 16.7. The Labute approximate surface area is 178 Å². The number of hydrogen-bond donors (Lipinski definition) is 2. The van der Waals surface area contributed by atoms with Crippen LogP contribution in [-0.4, -0.2) is 16.8 Å². The molecule has 5 nitrogen and oxygen atoms in total. The fraction of sp³-hybridized carbons (Fsp3) is 0.261. The molecule has 2 aromatic carbocycles. The Hall–Kier alpha value is -3.06. The highest BCUT2D eigenvalue weighted by Crippen LogP contribution is 2.39. The van der Waals surface area contributed by atoms with Gasteiger partial charge >= 0.3 is 0 Å². The number of nitrogens with zero attached hydrogens (tertiary/aromatic N) is 1. The summed E-state index contributed by atoms with van der Waals surface area (Å²) in [6.45, 7) is 4.25. The minimum absolute atomic E-state index is 0.0900. The molecule has 0 bridgehead atoms. The van der Waals surface area contributed by atoms with Gasteiger partial charge in [0.05, 0.1) is 11.6 Å². The lowest BCUT2D eigenvalue weighted by Gasteiger charge is -2.12. The molecule has 30 heavy (non-hydrogen) atoms. The molecule has 1 atom stereocenters. The van der Waals surface area contributed by atoms with Gasteiger partial charge in [-0.3, -0.25) is 14.9 Å². The standard InChI is InChI=1S/C23H22FN3O2S/c1-13(2)14-5-9-17(10-6-14)25-22(29)18-11-12-19-20(18)26-23(30-19)27-21(28)15-3-7-16(24)8-4-15/h3-10,13,18H,11-12H2,1-2H3,(H,25,29)(H,26,27,28). The van der Waals surface area contributed by atoms with E-state index in [1.807, 2.05) is 24.3 Å². The molecule has 0 fully saturated rings. The third kappa shape index (κ3) is 4.26. The van der Waals surface area contributed by atoms with E-state index in [-0.39, 0.29) is 17.7 Å². The average Bonchev–Trinajstić information content (AvgIpc) is 3.29. The number of carbonyl (C=O) groups is 2. The normalized spacial score (nSPS) is 15.1. The summed E-state index contributed by atoms with van der Waals surface area (Å²) in [6.07, 6.45) is 1.46. The highest BCUT2D eigenvalue weighted by Gasteiger charge is 2.33. The number of thiazole rings is 1. The van der Waals surface area contributed by atoms with Crippen molar-refractivity contribution in [3.05, 3.63) is 76.0 Å². The fourth-order valence-electron chi connectivity index (χ4n) is 3.49. The number of fused-ring (bicyclic) bond motifs is 1. The number of hydrogen-bond acceptors (Lipinski definition) is 4. The fourth-order valence-corrected chi connectivity index (χ4v) is 4.52. The lowest BCUT2D eigenvalue weighted by molar-refractivity contribution is -0.117. The summed E-state index contributed by atoms with van der Waals surface area (Å²) in [7, 11) is 0. The van der Waals surface area contributed by atoms with Crippen LogP contribution in [0.15, 0.2) is 48.5 Å². The van der Waals surface area contributed by atoms with Gasteiger partial charge in [-0.2, -0.15) is 0 Å². The minimum Gasteiger partial charge on any atom is -0.326 e. The van der Waals surface area contributed by atoms with Crippen LogP contribution in [0.2, 0.25) is 0 Å². The van der Waals surface area contributed by atoms with Crippen LogP contribution >= 0.6 is 11.3 Å². The first-order valence-corrected chi connectivity index (χ1v) is 10.7. The third-order valence-electron chi connectivity index (χ3n) is 5.21. The van der Waals surface area contributed by atoms with Gasteiger partial charge in [-0.05, 0) is 60.7 Å². The van der Waals surface area contributed by atoms with Crippen LogP contribution < -0.4 is 10.6 Å². The van der Waals surface area contributed by atoms with Crippen LogP contribution in [0.3, 0.4) is 0 Å². The number of halogens is 1. The van der Waals surface area contributed by atoms with Gasteiger partial charge in [-0.1, -0.05) is 26.0 Å². The molecular weight excluding hydrogens is 401 g/mol. The average molecular weight is 424 g/mol. The number of aromatic nitrogens is 1. The molecule has 0 spiro atoms. The maximum atomic E-state index is 13.0. The molecule has 0 saturated carbocycles. The number of nitrogens with one attached hydrogen (secondary N) is 2. The van der Waals surface area contributed by atoms with Gasteiger partial charge in [-0.15, -0.1) is 11.3 Å². The quantitative estimate of drug-likeness (QED) is 0.583. The van der Waals surface area contributed by atoms with E-state index in [2.05, 4.69) is 29.5 Å². The molecule has 1 unspecified atom stereocenters. The molecule has 154 valence electrons. The molecule has 3 aromatic rings. The summed E-state index contributed by atoms with van der Waals surface area (Å²) >= 11 is 1.38. The summed E-state index contributed by atoms with van der Waals surface area (Å²) in [5.41, 5.74) is 3.06. The number of benzene rings is 2. The second-order valence-electron chi connectivity index (χ2n) is 7.65. The second kappa shape index (κ2) is 8.36. The Morgan fingerprint density at radius 3 is 2.43 bits per heavy atom. The second-order valence-corrected chi connectivity index (χ2v) is 8.73. The first kappa shape index (κ1) is 20.2. The van der Waals surface area contributed by atoms with E-state index in [0.29, 0.717) is 23.0 Å². The van der Waals surface area contributed by atoms with E-state index in [1.165, 1.54) is 41.2 Å². The molecule has 0 aliphatic heterocycles. The molecule has 1 heterocycles. The zero-order valence-corrected chi connectivity index (χ0v) is 17.6. The van der Waals surface area contributed by atoms with Crippen molar-refractivity contribution in [2.45, 2.75) is 38.5 Å². The van der Waals surface area contributed by atoms with Crippen molar-refractivity contribution in [2.75, 3.05) is 10.6 Å². The van der Waals surface area contributed by atoms with E-state index in [4.69, 9.17) is 0 Å². The highest BCUT2D eigenvalue weighted by molar-refractivity contribution is 7.16. The van der Waals surface area contributed by atoms with Gasteiger partial charge in [0.25, 0.3) is 5.91 Å². The number of carbonyl (C=O) groups excluding carboxylic acids is 2. The van der Waals surface area contributed by atoms with Crippen molar-refractivity contribution in [1.29, 1.82) is 0 Å². The summed E-state index contributed by atoms with van der Waals surface area (Å²) in [4.78, 5) is 30.7. The lowest BCUT2D eigenvalue weighted by atomic mass is 10.0. The van der Waals surface area contributed by atoms with E-state index < -0.39 is 5.82 Å². The Bertz CT molecular complexity index is 1070. The predicted molar refractivity (Wildman–Crippen MR) is 117 cm³/mol. The van der Waals surface area contributed by atoms with Crippen molar-refractivity contribution in [3.63, 3.8) is 0 Å². The summed E-state index contributed by atoms with van der Waals surface area (Å²) in [5.74, 6) is -0.739. The first-order valence-electron chi connectivity index (χ1n) is 9.88. The van der Waals surface area contributed by atoms with Crippen molar-refractivity contribution in [1.82, 2.24) is 4.98 Å². The van der Waals surface area contributed by atoms with E-state index in [1.54, 1.807) is 0 Å². The smallest absolute Gasteiger partial charge is 0.257 e.